The first-order valence-electron chi connectivity index (χ1n) is 24.4. The lowest BCUT2D eigenvalue weighted by atomic mass is 10.1. The predicted molar refractivity (Wildman–Crippen MR) is 276 cm³/mol. The van der Waals surface area contributed by atoms with E-state index in [1.54, 1.807) is 0 Å². The van der Waals surface area contributed by atoms with Crippen molar-refractivity contribution >= 4 is 65.0 Å². The van der Waals surface area contributed by atoms with E-state index in [9.17, 15) is 53.4 Å². The van der Waals surface area contributed by atoms with Gasteiger partial charge in [-0.1, -0.05) is 0 Å². The monoisotopic (exact) mass is 1120 g/mol. The number of H-pyrrole nitrogens is 6. The summed E-state index contributed by atoms with van der Waals surface area (Å²) in [5.74, 6) is -7.81. The number of aliphatic hydroxyl groups is 1. The number of carboxylic acid groups (broad SMARTS) is 1. The Hall–Kier alpha value is -9.24. The van der Waals surface area contributed by atoms with Crippen LogP contribution in [0.25, 0.3) is 0 Å². The van der Waals surface area contributed by atoms with Crippen LogP contribution in [0.4, 0.5) is 0 Å². The fourth-order valence-corrected chi connectivity index (χ4v) is 8.18. The van der Waals surface area contributed by atoms with Crippen molar-refractivity contribution in [1.29, 1.82) is 0 Å². The van der Waals surface area contributed by atoms with Gasteiger partial charge in [0.15, 0.2) is 0 Å². The molecule has 6 heterocycles. The molecule has 0 aliphatic heterocycles. The molecule has 0 saturated carbocycles. The van der Waals surface area contributed by atoms with Gasteiger partial charge in [-0.05, 0) is 18.4 Å². The van der Waals surface area contributed by atoms with Crippen molar-refractivity contribution in [3.63, 3.8) is 0 Å². The van der Waals surface area contributed by atoms with E-state index >= 15 is 0 Å². The third kappa shape index (κ3) is 18.8. The van der Waals surface area contributed by atoms with Gasteiger partial charge >= 0.3 is 5.97 Å². The summed E-state index contributed by atoms with van der Waals surface area (Å²) >= 11 is 1.50. The Morgan fingerprint density at radius 1 is 0.456 bits per heavy atom. The highest BCUT2D eigenvalue weighted by Gasteiger charge is 2.35. The van der Waals surface area contributed by atoms with Crippen LogP contribution >= 0.6 is 11.8 Å². The molecule has 0 aromatic carbocycles. The number of aromatic amines is 6. The molecule has 0 radical (unpaired) electrons. The zero-order valence-electron chi connectivity index (χ0n) is 42.4. The van der Waals surface area contributed by atoms with E-state index in [2.05, 4.69) is 102 Å². The third-order valence-corrected chi connectivity index (χ3v) is 12.5. The van der Waals surface area contributed by atoms with Crippen LogP contribution in [-0.4, -0.2) is 197 Å². The summed E-state index contributed by atoms with van der Waals surface area (Å²) in [5.41, 5.74) is 8.19. The van der Waals surface area contributed by atoms with Crippen LogP contribution in [0.1, 0.15) is 40.6 Å². The van der Waals surface area contributed by atoms with Crippen LogP contribution < -0.4 is 48.3 Å². The van der Waals surface area contributed by atoms with E-state index < -0.39 is 115 Å². The van der Waals surface area contributed by atoms with E-state index in [1.807, 2.05) is 6.26 Å². The summed E-state index contributed by atoms with van der Waals surface area (Å²) in [7, 11) is 0. The summed E-state index contributed by atoms with van der Waals surface area (Å²) in [5, 5.41) is 40.7. The number of imidazole rings is 6. The Labute approximate surface area is 452 Å². The number of nitrogens with two attached hydrogens (primary N) is 1. The van der Waals surface area contributed by atoms with Gasteiger partial charge < -0.3 is 88.4 Å². The quantitative estimate of drug-likeness (QED) is 0.0183. The number of hydrogen-bond acceptors (Lipinski definition) is 18. The fourth-order valence-electron chi connectivity index (χ4n) is 7.69. The number of thioether (sulfide) groups is 1. The van der Waals surface area contributed by atoms with Gasteiger partial charge in [-0.15, -0.1) is 0 Å². The Balaban J connectivity index is 1.17. The molecule has 0 unspecified atom stereocenters. The minimum atomic E-state index is -1.78. The van der Waals surface area contributed by atoms with E-state index in [0.29, 0.717) is 46.3 Å². The van der Waals surface area contributed by atoms with Gasteiger partial charge in [0.25, 0.3) is 0 Å². The predicted octanol–water partition coefficient (Wildman–Crippen LogP) is -5.55. The van der Waals surface area contributed by atoms with Crippen molar-refractivity contribution in [2.45, 2.75) is 93.3 Å². The first kappa shape index (κ1) is 59.0. The Morgan fingerprint density at radius 2 is 0.734 bits per heavy atom. The van der Waals surface area contributed by atoms with E-state index in [4.69, 9.17) is 5.73 Å². The van der Waals surface area contributed by atoms with E-state index in [1.165, 1.54) is 86.9 Å². The number of hydrogen-bond donors (Lipinski definition) is 17. The number of aliphatic hydroxyl groups excluding tert-OH is 1. The van der Waals surface area contributed by atoms with E-state index in [-0.39, 0.29) is 38.5 Å². The summed E-state index contributed by atoms with van der Waals surface area (Å²) in [4.78, 5) is 164. The van der Waals surface area contributed by atoms with Crippen LogP contribution in [0.15, 0.2) is 75.1 Å². The topological polar surface area (TPSA) is 488 Å². The van der Waals surface area contributed by atoms with Gasteiger partial charge in [0.2, 0.25) is 47.3 Å². The first-order valence-corrected chi connectivity index (χ1v) is 25.8. The number of amides is 8. The highest BCUT2D eigenvalue weighted by Crippen LogP contribution is 2.09. The average molecular weight is 1120 g/mol. The SMILES string of the molecule is CSCC[C@H](N)C(=O)NCC(=O)N[C@@H](Cc1cnc[nH]1)C(=O)N[C@@H](Cc1cnc[nH]1)C(=O)N[C@@H](Cc1cnc[nH]1)C(=O)N[C@@H](CO)C(=O)N[C@@H](Cc1cnc[nH]1)C(=O)N[C@@H](Cc1cnc[nH]1)C(=O)N[C@@H](Cc1cnc[nH]1)C(=O)O. The maximum Gasteiger partial charge on any atom is 0.326 e. The van der Waals surface area contributed by atoms with Crippen molar-refractivity contribution < 1.29 is 53.4 Å². The first-order chi connectivity index (χ1) is 38.1. The zero-order valence-corrected chi connectivity index (χ0v) is 43.2. The van der Waals surface area contributed by atoms with Gasteiger partial charge in [-0.25, -0.2) is 34.7 Å². The van der Waals surface area contributed by atoms with Gasteiger partial charge in [0.05, 0.1) is 57.2 Å². The number of carbonyl (C=O) groups excluding carboxylic acids is 8. The molecule has 33 heteroatoms. The average Bonchev–Trinajstić information content (AvgIpc) is 4.29. The summed E-state index contributed by atoms with van der Waals surface area (Å²) < 4.78 is 0. The van der Waals surface area contributed by atoms with Crippen molar-refractivity contribution in [3.05, 3.63) is 109 Å². The lowest BCUT2D eigenvalue weighted by Gasteiger charge is -2.27. The molecule has 18 N–H and O–H groups in total. The molecule has 0 fully saturated rings. The summed E-state index contributed by atoms with van der Waals surface area (Å²) in [6, 6.07) is -11.4. The standard InChI is InChI=1S/C46H61N21O11S/c1-79-3-2-30(47)39(70)54-16-38(69)61-31(4-24-10-48-18-55-24)40(71)62-32(5-25-11-49-19-56-25)41(72)64-35(8-28-14-52-22-59-28)44(75)67-37(17-68)45(76)65-33(6-26-12-50-20-57-26)42(73)63-34(7-27-13-51-21-58-27)43(74)66-36(46(77)78)9-29-15-53-23-60-29/h10-15,18-23,30-37,68H,2-9,16-17,47H2,1H3,(H,48,55)(H,49,56)(H,50,57)(H,51,58)(H,52,59)(H,53,60)(H,54,70)(H,61,69)(H,62,71)(H,63,73)(H,64,72)(H,65,76)(H,66,74)(H,67,75)(H,77,78)/t30-,31-,32-,33-,34-,35-,36-,37-/m0/s1. The van der Waals surface area contributed by atoms with Gasteiger partial charge in [-0.2, -0.15) is 11.8 Å². The molecule has 32 nitrogen and oxygen atoms in total. The Kier molecular flexibility index (Phi) is 22.3. The van der Waals surface area contributed by atoms with Crippen LogP contribution in [-0.2, 0) is 81.7 Å². The molecule has 8 atom stereocenters. The fraction of sp³-hybridized carbons (Fsp3) is 0.413. The largest absolute Gasteiger partial charge is 0.480 e. The van der Waals surface area contributed by atoms with Crippen LogP contribution in [0, 0.1) is 0 Å². The molecule has 6 aromatic heterocycles. The number of rotatable bonds is 33. The smallest absolute Gasteiger partial charge is 0.326 e. The highest BCUT2D eigenvalue weighted by molar-refractivity contribution is 7.98. The number of nitrogens with one attached hydrogen (secondary N) is 14. The van der Waals surface area contributed by atoms with Crippen LogP contribution in [0.2, 0.25) is 0 Å². The molecular weight excluding hydrogens is 1050 g/mol. The van der Waals surface area contributed by atoms with Crippen LogP contribution in [0.5, 0.6) is 0 Å². The second-order valence-corrected chi connectivity index (χ2v) is 18.8. The van der Waals surface area contributed by atoms with E-state index in [0.717, 1.165) is 0 Å². The number of carbonyl (C=O) groups is 9. The van der Waals surface area contributed by atoms with Crippen molar-refractivity contribution in [3.8, 4) is 0 Å². The maximum absolute atomic E-state index is 14.4. The number of aromatic nitrogens is 12. The van der Waals surface area contributed by atoms with Gasteiger partial charge in [0.1, 0.15) is 42.3 Å². The maximum atomic E-state index is 14.4. The zero-order chi connectivity index (χ0) is 56.7. The van der Waals surface area contributed by atoms with Crippen molar-refractivity contribution in [2.75, 3.05) is 25.2 Å². The molecule has 422 valence electrons. The van der Waals surface area contributed by atoms with Crippen molar-refractivity contribution in [2.24, 2.45) is 5.73 Å². The lowest BCUT2D eigenvalue weighted by Crippen LogP contribution is -2.61. The molecule has 0 spiro atoms. The minimum absolute atomic E-state index is 0.140. The van der Waals surface area contributed by atoms with Gasteiger partial charge in [0, 0.05) is 110 Å². The van der Waals surface area contributed by atoms with Crippen LogP contribution in [0.3, 0.4) is 0 Å². The molecule has 79 heavy (non-hydrogen) atoms. The summed E-state index contributed by atoms with van der Waals surface area (Å²) in [6.45, 7) is -1.56. The molecular formula is C46H61N21O11S. The normalized spacial score (nSPS) is 14.2. The highest BCUT2D eigenvalue weighted by atomic mass is 32.2. The Bertz CT molecular complexity index is 2870. The number of carboxylic acids is 1. The molecule has 0 saturated heterocycles. The lowest BCUT2D eigenvalue weighted by molar-refractivity contribution is -0.142. The second kappa shape index (κ2) is 29.9. The number of nitrogens with zero attached hydrogens (tertiary/aromatic N) is 6. The summed E-state index contributed by atoms with van der Waals surface area (Å²) in [6.07, 6.45) is 17.3. The molecule has 0 aliphatic rings. The molecule has 8 amide bonds. The van der Waals surface area contributed by atoms with Crippen molar-refractivity contribution in [1.82, 2.24) is 102 Å². The minimum Gasteiger partial charge on any atom is -0.480 e. The number of aliphatic carboxylic acids is 1. The Morgan fingerprint density at radius 3 is 1.01 bits per heavy atom. The molecule has 0 aliphatic carbocycles. The third-order valence-electron chi connectivity index (χ3n) is 11.9. The molecule has 6 rings (SSSR count). The second-order valence-electron chi connectivity index (χ2n) is 17.8. The van der Waals surface area contributed by atoms with Gasteiger partial charge in [-0.3, -0.25) is 38.4 Å². The molecule has 6 aromatic rings. The molecule has 0 bridgehead atoms.